The summed E-state index contributed by atoms with van der Waals surface area (Å²) in [5.41, 5.74) is 3.67. The maximum absolute atomic E-state index is 13.9. The van der Waals surface area contributed by atoms with Crippen molar-refractivity contribution in [1.82, 2.24) is 4.98 Å². The van der Waals surface area contributed by atoms with E-state index in [1.165, 1.54) is 37.8 Å². The number of carbonyl (C=O) groups is 1. The summed E-state index contributed by atoms with van der Waals surface area (Å²) in [5, 5.41) is 0.0700. The Kier molecular flexibility index (Phi) is 13.2. The minimum absolute atomic E-state index is 0.0329. The molecule has 2 heterocycles. The number of fused-ring (bicyclic) bond motifs is 1. The first-order valence-corrected chi connectivity index (χ1v) is 14.4. The number of furan rings is 1. The summed E-state index contributed by atoms with van der Waals surface area (Å²) >= 11 is 5.80. The van der Waals surface area contributed by atoms with Gasteiger partial charge in [0.1, 0.15) is 11.3 Å². The molecule has 0 aliphatic heterocycles. The maximum Gasteiger partial charge on any atom is 0.200 e. The van der Waals surface area contributed by atoms with Crippen LogP contribution in [0.5, 0.6) is 0 Å². The van der Waals surface area contributed by atoms with Gasteiger partial charge in [0.2, 0.25) is 5.78 Å². The number of carbonyl (C=O) groups excluding carboxylic acids is 1. The summed E-state index contributed by atoms with van der Waals surface area (Å²) in [4.78, 5) is 17.2. The van der Waals surface area contributed by atoms with Crippen LogP contribution in [0.15, 0.2) is 34.7 Å². The van der Waals surface area contributed by atoms with Crippen LogP contribution in [0.3, 0.4) is 0 Å². The molecule has 3 aromatic rings. The molecule has 3 nitrogen and oxygen atoms in total. The SMILES string of the molecule is CCC(C)C(=O)c1cc2nc(-c3ccc(Cl)c(F)c3)cc(C(C)(C)C)c2o1.CCCC.CCCC(C)(C)C. The lowest BCUT2D eigenvalue weighted by molar-refractivity contribution is 0.0901. The van der Waals surface area contributed by atoms with Crippen molar-refractivity contribution in [2.24, 2.45) is 11.3 Å². The number of halogens is 2. The molecular weight excluding hydrogens is 497 g/mol. The fourth-order valence-corrected chi connectivity index (χ4v) is 3.80. The molecule has 1 atom stereocenters. The van der Waals surface area contributed by atoms with Crippen molar-refractivity contribution in [3.63, 3.8) is 0 Å². The molecule has 38 heavy (non-hydrogen) atoms. The highest BCUT2D eigenvalue weighted by Crippen LogP contribution is 2.35. The number of unbranched alkanes of at least 4 members (excludes halogenated alkanes) is 1. The van der Waals surface area contributed by atoms with Gasteiger partial charge in [-0.25, -0.2) is 9.37 Å². The minimum atomic E-state index is -0.492. The number of aromatic nitrogens is 1. The molecule has 1 aromatic carbocycles. The van der Waals surface area contributed by atoms with Crippen LogP contribution in [-0.2, 0) is 5.41 Å². The van der Waals surface area contributed by atoms with Gasteiger partial charge in [0, 0.05) is 23.1 Å². The number of rotatable bonds is 6. The average Bonchev–Trinajstić information content (AvgIpc) is 3.27. The Balaban J connectivity index is 0.000000554. The third-order valence-corrected chi connectivity index (χ3v) is 6.61. The van der Waals surface area contributed by atoms with Gasteiger partial charge in [0.15, 0.2) is 11.3 Å². The van der Waals surface area contributed by atoms with Crippen LogP contribution >= 0.6 is 11.6 Å². The molecule has 0 fully saturated rings. The molecule has 0 bridgehead atoms. The topological polar surface area (TPSA) is 43.1 Å². The summed E-state index contributed by atoms with van der Waals surface area (Å²) < 4.78 is 19.9. The molecule has 0 saturated carbocycles. The first-order valence-electron chi connectivity index (χ1n) is 14.0. The van der Waals surface area contributed by atoms with E-state index < -0.39 is 5.82 Å². The second kappa shape index (κ2) is 14.8. The van der Waals surface area contributed by atoms with Crippen LogP contribution in [0.1, 0.15) is 124 Å². The van der Waals surface area contributed by atoms with Crippen molar-refractivity contribution in [1.29, 1.82) is 0 Å². The number of Topliss-reactive ketones (excluding diaryl/α,β-unsaturated/α-hetero) is 1. The first-order chi connectivity index (χ1) is 17.6. The van der Waals surface area contributed by atoms with E-state index in [0.29, 0.717) is 33.5 Å². The molecule has 2 aromatic heterocycles. The average molecular weight is 546 g/mol. The number of hydrogen-bond acceptors (Lipinski definition) is 3. The monoisotopic (exact) mass is 545 g/mol. The summed E-state index contributed by atoms with van der Waals surface area (Å²) in [6, 6.07) is 8.20. The maximum atomic E-state index is 13.9. The van der Waals surface area contributed by atoms with Crippen molar-refractivity contribution in [2.45, 2.75) is 114 Å². The van der Waals surface area contributed by atoms with Crippen LogP contribution in [-0.4, -0.2) is 10.8 Å². The van der Waals surface area contributed by atoms with E-state index in [9.17, 15) is 9.18 Å². The highest BCUT2D eigenvalue weighted by atomic mass is 35.5. The highest BCUT2D eigenvalue weighted by molar-refractivity contribution is 6.30. The Hall–Kier alpha value is -2.20. The predicted octanol–water partition coefficient (Wildman–Crippen LogP) is 11.5. The molecular formula is C33H49ClFNO2. The van der Waals surface area contributed by atoms with Crippen molar-refractivity contribution < 1.29 is 13.6 Å². The smallest absolute Gasteiger partial charge is 0.200 e. The number of nitrogens with zero attached hydrogens (tertiary/aromatic N) is 1. The Labute approximate surface area is 235 Å². The van der Waals surface area contributed by atoms with Gasteiger partial charge in [0.05, 0.1) is 10.7 Å². The van der Waals surface area contributed by atoms with Gasteiger partial charge >= 0.3 is 0 Å². The molecule has 3 rings (SSSR count). The quantitative estimate of drug-likeness (QED) is 0.289. The largest absolute Gasteiger partial charge is 0.451 e. The molecule has 1 unspecified atom stereocenters. The minimum Gasteiger partial charge on any atom is -0.451 e. The fraction of sp³-hybridized carbons (Fsp3) is 0.576. The van der Waals surface area contributed by atoms with E-state index in [1.54, 1.807) is 12.1 Å². The third kappa shape index (κ3) is 10.2. The van der Waals surface area contributed by atoms with E-state index in [0.717, 1.165) is 12.0 Å². The van der Waals surface area contributed by atoms with Gasteiger partial charge in [-0.2, -0.15) is 0 Å². The summed E-state index contributed by atoms with van der Waals surface area (Å²) in [6.07, 6.45) is 6.03. The second-order valence-electron chi connectivity index (χ2n) is 12.2. The second-order valence-corrected chi connectivity index (χ2v) is 12.7. The lowest BCUT2D eigenvalue weighted by Crippen LogP contribution is -2.12. The van der Waals surface area contributed by atoms with E-state index >= 15 is 0 Å². The normalized spacial score (nSPS) is 12.3. The molecule has 0 spiro atoms. The van der Waals surface area contributed by atoms with Crippen LogP contribution in [0, 0.1) is 17.2 Å². The van der Waals surface area contributed by atoms with Gasteiger partial charge < -0.3 is 4.42 Å². The van der Waals surface area contributed by atoms with Crippen molar-refractivity contribution in [3.05, 3.63) is 52.5 Å². The Morgan fingerprint density at radius 1 is 0.974 bits per heavy atom. The predicted molar refractivity (Wildman–Crippen MR) is 162 cm³/mol. The van der Waals surface area contributed by atoms with E-state index in [-0.39, 0.29) is 22.1 Å². The number of ketones is 1. The van der Waals surface area contributed by atoms with Gasteiger partial charge in [-0.3, -0.25) is 4.79 Å². The number of benzene rings is 1. The summed E-state index contributed by atoms with van der Waals surface area (Å²) in [5.74, 6) is -0.326. The standard InChI is InChI=1S/C22H23ClFNO2.C7H16.C4H10/c1-6-12(2)20(26)19-11-18-21(27-19)14(22(3,4)5)10-17(25-18)13-7-8-15(23)16(24)9-13;1-5-6-7(2,3)4;1-3-4-2/h7-12H,6H2,1-5H3;5-6H2,1-4H3;3-4H2,1-2H3. The van der Waals surface area contributed by atoms with Gasteiger partial charge in [-0.1, -0.05) is 113 Å². The van der Waals surface area contributed by atoms with Crippen molar-refractivity contribution >= 4 is 28.5 Å². The van der Waals surface area contributed by atoms with Crippen molar-refractivity contribution in [2.75, 3.05) is 0 Å². The number of pyridine rings is 1. The molecule has 0 radical (unpaired) electrons. The van der Waals surface area contributed by atoms with Gasteiger partial charge in [-0.05, 0) is 41.9 Å². The molecule has 0 saturated heterocycles. The lowest BCUT2D eigenvalue weighted by Gasteiger charge is -2.20. The zero-order valence-corrected chi connectivity index (χ0v) is 26.3. The zero-order valence-electron chi connectivity index (χ0n) is 25.5. The zero-order chi connectivity index (χ0) is 29.3. The number of hydrogen-bond donors (Lipinski definition) is 0. The Morgan fingerprint density at radius 2 is 1.58 bits per heavy atom. The Bertz CT molecular complexity index is 1170. The van der Waals surface area contributed by atoms with E-state index in [4.69, 9.17) is 16.0 Å². The summed E-state index contributed by atoms with van der Waals surface area (Å²) in [7, 11) is 0. The van der Waals surface area contributed by atoms with E-state index in [2.05, 4.69) is 67.3 Å². The Morgan fingerprint density at radius 3 is 2.00 bits per heavy atom. The molecule has 0 N–H and O–H groups in total. The van der Waals surface area contributed by atoms with Gasteiger partial charge in [-0.15, -0.1) is 0 Å². The summed E-state index contributed by atoms with van der Waals surface area (Å²) in [6.45, 7) is 23.5. The molecule has 5 heteroatoms. The first kappa shape index (κ1) is 33.8. The molecule has 212 valence electrons. The lowest BCUT2D eigenvalue weighted by atomic mass is 9.86. The fourth-order valence-electron chi connectivity index (χ4n) is 3.68. The molecule has 0 amide bonds. The van der Waals surface area contributed by atoms with E-state index in [1.807, 2.05) is 19.9 Å². The molecule has 0 aliphatic rings. The molecule has 0 aliphatic carbocycles. The van der Waals surface area contributed by atoms with Crippen molar-refractivity contribution in [3.8, 4) is 11.3 Å². The van der Waals surface area contributed by atoms with Crippen LogP contribution in [0.2, 0.25) is 5.02 Å². The van der Waals surface area contributed by atoms with Crippen LogP contribution < -0.4 is 0 Å². The van der Waals surface area contributed by atoms with Crippen LogP contribution in [0.25, 0.3) is 22.4 Å². The third-order valence-electron chi connectivity index (χ3n) is 6.31. The van der Waals surface area contributed by atoms with Gasteiger partial charge in [0.25, 0.3) is 0 Å². The van der Waals surface area contributed by atoms with Crippen LogP contribution in [0.4, 0.5) is 4.39 Å². The highest BCUT2D eigenvalue weighted by Gasteiger charge is 2.25.